The number of hydrogen-bond acceptors (Lipinski definition) is 9. The largest absolute Gasteiger partial charge is 0.462 e. The van der Waals surface area contributed by atoms with Gasteiger partial charge in [0, 0.05) is 17.3 Å². The molecule has 3 fully saturated rings. The van der Waals surface area contributed by atoms with Crippen LogP contribution in [0.2, 0.25) is 18.1 Å². The van der Waals surface area contributed by atoms with E-state index in [1.165, 1.54) is 0 Å². The van der Waals surface area contributed by atoms with Crippen LogP contribution in [0.5, 0.6) is 0 Å². The van der Waals surface area contributed by atoms with Gasteiger partial charge in [0.05, 0.1) is 12.3 Å². The van der Waals surface area contributed by atoms with Gasteiger partial charge in [-0.2, -0.15) is 8.42 Å². The summed E-state index contributed by atoms with van der Waals surface area (Å²) in [5.41, 5.74) is 8.77. The number of hydrogen-bond donors (Lipinski definition) is 2. The van der Waals surface area contributed by atoms with E-state index in [9.17, 15) is 29.0 Å². The second kappa shape index (κ2) is 9.59. The molecule has 3 aliphatic rings. The summed E-state index contributed by atoms with van der Waals surface area (Å²) in [6.45, 7) is 9.43. The van der Waals surface area contributed by atoms with Crippen molar-refractivity contribution in [2.24, 2.45) is 22.4 Å². The van der Waals surface area contributed by atoms with Crippen molar-refractivity contribution in [1.29, 1.82) is 0 Å². The van der Waals surface area contributed by atoms with Gasteiger partial charge in [-0.25, -0.2) is 0 Å². The maximum Gasteiger partial charge on any atom is 0.306 e. The lowest BCUT2D eigenvalue weighted by atomic mass is 9.81. The van der Waals surface area contributed by atoms with Crippen molar-refractivity contribution < 1.29 is 36.8 Å². The summed E-state index contributed by atoms with van der Waals surface area (Å²) in [4.78, 5) is 14.8. The first kappa shape index (κ1) is 28.4. The zero-order chi connectivity index (χ0) is 26.4. The third kappa shape index (κ3) is 5.87. The highest BCUT2D eigenvalue weighted by Crippen LogP contribution is 2.71. The number of aliphatic hydroxyl groups is 2. The molecule has 2 aliphatic carbocycles. The quantitative estimate of drug-likeness (QED) is 0.0862. The minimum Gasteiger partial charge on any atom is -0.462 e. The van der Waals surface area contributed by atoms with Crippen LogP contribution in [0.3, 0.4) is 0 Å². The fraction of sp³-hybridized carbons (Fsp3) is 0.955. The zero-order valence-corrected chi connectivity index (χ0v) is 23.2. The number of carbonyl (C=O) groups is 1. The van der Waals surface area contributed by atoms with E-state index in [4.69, 9.17) is 13.3 Å². The Hall–Kier alpha value is -1.21. The topological polar surface area (TPSA) is 168 Å². The summed E-state index contributed by atoms with van der Waals surface area (Å²) in [5, 5.41) is 26.2. The number of rotatable bonds is 9. The number of ether oxygens (including phenoxy) is 1. The molecule has 3 rings (SSSR count). The minimum absolute atomic E-state index is 0.203. The molecule has 13 heteroatoms. The number of cyclic esters (lactones) is 1. The second-order valence-corrected chi connectivity index (χ2v) is 18.2. The SMILES string of the molecule is CC(C)(C)[Si](C)(C)OC(O)(O)C(OS(C)(=O)=O)C1C(C(N=[N+]=[N-])[C@H]2CCC(=O)O2)C12CCCCC2. The summed E-state index contributed by atoms with van der Waals surface area (Å²) in [6.07, 6.45) is 3.22. The summed E-state index contributed by atoms with van der Waals surface area (Å²) in [5.74, 6) is -4.43. The Morgan fingerprint density at radius 2 is 1.80 bits per heavy atom. The molecule has 5 atom stereocenters. The van der Waals surface area contributed by atoms with Gasteiger partial charge in [0.25, 0.3) is 16.1 Å². The first-order valence-electron chi connectivity index (χ1n) is 12.2. The van der Waals surface area contributed by atoms with Crippen LogP contribution in [0.15, 0.2) is 5.11 Å². The van der Waals surface area contributed by atoms with Crippen molar-refractivity contribution in [1.82, 2.24) is 0 Å². The van der Waals surface area contributed by atoms with E-state index in [-0.39, 0.29) is 12.4 Å². The Bertz CT molecular complexity index is 968. The van der Waals surface area contributed by atoms with Crippen LogP contribution in [0.4, 0.5) is 0 Å². The normalized spacial score (nSPS) is 28.8. The first-order valence-corrected chi connectivity index (χ1v) is 16.9. The molecule has 0 bridgehead atoms. The number of esters is 1. The fourth-order valence-corrected chi connectivity index (χ4v) is 7.63. The van der Waals surface area contributed by atoms with Crippen molar-refractivity contribution >= 4 is 24.4 Å². The molecule has 1 spiro atoms. The van der Waals surface area contributed by atoms with Gasteiger partial charge in [-0.1, -0.05) is 45.1 Å². The van der Waals surface area contributed by atoms with Gasteiger partial charge in [-0.3, -0.25) is 8.98 Å². The molecule has 1 heterocycles. The molecule has 0 aromatic carbocycles. The predicted molar refractivity (Wildman–Crippen MR) is 130 cm³/mol. The van der Waals surface area contributed by atoms with Crippen molar-refractivity contribution in [2.75, 3.05) is 6.26 Å². The van der Waals surface area contributed by atoms with Gasteiger partial charge in [-0.15, -0.1) is 0 Å². The number of nitrogens with zero attached hydrogens (tertiary/aromatic N) is 3. The molecule has 11 nitrogen and oxygen atoms in total. The highest BCUT2D eigenvalue weighted by atomic mass is 32.2. The van der Waals surface area contributed by atoms with Gasteiger partial charge in [0.1, 0.15) is 6.10 Å². The Kier molecular flexibility index (Phi) is 7.77. The molecular formula is C22H39N3O8SSi. The molecule has 2 saturated carbocycles. The highest BCUT2D eigenvalue weighted by Gasteiger charge is 2.74. The Morgan fingerprint density at radius 1 is 1.20 bits per heavy atom. The van der Waals surface area contributed by atoms with Crippen LogP contribution >= 0.6 is 0 Å². The monoisotopic (exact) mass is 533 g/mol. The molecular weight excluding hydrogens is 494 g/mol. The second-order valence-electron chi connectivity index (χ2n) is 11.8. The molecule has 0 aromatic heterocycles. The molecule has 0 amide bonds. The summed E-state index contributed by atoms with van der Waals surface area (Å²) in [7, 11) is -6.90. The van der Waals surface area contributed by atoms with E-state index in [0.29, 0.717) is 19.3 Å². The molecule has 4 unspecified atom stereocenters. The third-order valence-corrected chi connectivity index (χ3v) is 13.4. The smallest absolute Gasteiger partial charge is 0.306 e. The van der Waals surface area contributed by atoms with Crippen molar-refractivity contribution in [3.05, 3.63) is 10.4 Å². The molecule has 0 radical (unpaired) electrons. The predicted octanol–water partition coefficient (Wildman–Crippen LogP) is 3.57. The van der Waals surface area contributed by atoms with E-state index in [1.54, 1.807) is 0 Å². The van der Waals surface area contributed by atoms with Gasteiger partial charge in [-0.05, 0) is 54.3 Å². The van der Waals surface area contributed by atoms with Crippen LogP contribution < -0.4 is 0 Å². The van der Waals surface area contributed by atoms with Gasteiger partial charge in [0.2, 0.25) is 0 Å². The standard InChI is InChI=1S/C22H39N3O8SSi/c1-20(2,3)35(5,6)33-22(27,28)19(32-34(4,29)30)17-16(21(17)12-8-7-9-13-21)18(24-25-23)14-10-11-15(26)31-14/h14,16-19,27-28H,7-13H2,1-6H3/t14-,16?,17?,18?,19?/m1/s1. The molecule has 1 aliphatic heterocycles. The zero-order valence-electron chi connectivity index (χ0n) is 21.4. The molecule has 35 heavy (non-hydrogen) atoms. The van der Waals surface area contributed by atoms with Crippen LogP contribution in [0.25, 0.3) is 10.4 Å². The Labute approximate surface area is 208 Å². The minimum atomic E-state index is -4.12. The average Bonchev–Trinajstić information content (AvgIpc) is 3.06. The van der Waals surface area contributed by atoms with E-state index in [2.05, 4.69) is 10.0 Å². The van der Waals surface area contributed by atoms with E-state index in [1.807, 2.05) is 33.9 Å². The Morgan fingerprint density at radius 3 is 2.26 bits per heavy atom. The lowest BCUT2D eigenvalue weighted by Gasteiger charge is -2.43. The van der Waals surface area contributed by atoms with Gasteiger partial charge >= 0.3 is 5.97 Å². The number of carbonyl (C=O) groups excluding carboxylic acids is 1. The maximum atomic E-state index is 12.3. The van der Waals surface area contributed by atoms with E-state index in [0.717, 1.165) is 25.5 Å². The van der Waals surface area contributed by atoms with Crippen molar-refractivity contribution in [2.45, 2.75) is 108 Å². The molecule has 200 valence electrons. The molecule has 1 saturated heterocycles. The van der Waals surface area contributed by atoms with Gasteiger partial charge in [0.15, 0.2) is 14.4 Å². The van der Waals surface area contributed by atoms with Crippen LogP contribution in [0, 0.1) is 17.3 Å². The Balaban J connectivity index is 2.05. The van der Waals surface area contributed by atoms with Crippen molar-refractivity contribution in [3.8, 4) is 0 Å². The number of azide groups is 1. The lowest BCUT2D eigenvalue weighted by Crippen LogP contribution is -2.57. The van der Waals surface area contributed by atoms with Crippen LogP contribution in [-0.4, -0.2) is 63.4 Å². The van der Waals surface area contributed by atoms with E-state index >= 15 is 0 Å². The third-order valence-electron chi connectivity index (χ3n) is 8.43. The molecule has 0 aromatic rings. The molecule has 2 N–H and O–H groups in total. The maximum absolute atomic E-state index is 12.3. The van der Waals surface area contributed by atoms with Crippen LogP contribution in [-0.2, 0) is 28.3 Å². The van der Waals surface area contributed by atoms with Gasteiger partial charge < -0.3 is 19.4 Å². The van der Waals surface area contributed by atoms with Crippen molar-refractivity contribution in [3.63, 3.8) is 0 Å². The van der Waals surface area contributed by atoms with E-state index < -0.39 is 64.9 Å². The summed E-state index contributed by atoms with van der Waals surface area (Å²) < 4.78 is 41.4. The highest BCUT2D eigenvalue weighted by molar-refractivity contribution is 7.86. The summed E-state index contributed by atoms with van der Waals surface area (Å²) >= 11 is 0. The van der Waals surface area contributed by atoms with Crippen LogP contribution in [0.1, 0.15) is 65.7 Å². The fourth-order valence-electron chi connectivity index (χ4n) is 5.83. The first-order chi connectivity index (χ1) is 16.0. The lowest BCUT2D eigenvalue weighted by molar-refractivity contribution is -0.343. The summed E-state index contributed by atoms with van der Waals surface area (Å²) in [6, 6.07) is -0.774. The average molecular weight is 534 g/mol.